The Labute approximate surface area is 197 Å². The maximum atomic E-state index is 13.1. The van der Waals surface area contributed by atoms with E-state index >= 15 is 0 Å². The number of carbonyl (C=O) groups is 4. The van der Waals surface area contributed by atoms with Gasteiger partial charge < -0.3 is 15.2 Å². The number of methoxy groups -OCH3 is 1. The van der Waals surface area contributed by atoms with Crippen molar-refractivity contribution in [3.63, 3.8) is 0 Å². The van der Waals surface area contributed by atoms with Crippen molar-refractivity contribution in [2.24, 2.45) is 15.2 Å². The summed E-state index contributed by atoms with van der Waals surface area (Å²) in [5.41, 5.74) is -1.96. The van der Waals surface area contributed by atoms with Gasteiger partial charge in [0.25, 0.3) is 17.7 Å². The number of hydrogen-bond donors (Lipinski definition) is 2. The fraction of sp³-hybridized carbons (Fsp3) is 0.333. The van der Waals surface area contributed by atoms with Crippen molar-refractivity contribution < 1.29 is 29.0 Å². The normalized spacial score (nSPS) is 20.6. The first-order chi connectivity index (χ1) is 16.3. The number of nitrogens with one attached hydrogen (secondary N) is 1. The van der Waals surface area contributed by atoms with E-state index in [0.29, 0.717) is 30.0 Å². The molecule has 1 saturated carbocycles. The quantitative estimate of drug-likeness (QED) is 0.289. The number of fused-ring (bicyclic) bond motifs is 1. The summed E-state index contributed by atoms with van der Waals surface area (Å²) in [7, 11) is 1.03. The van der Waals surface area contributed by atoms with Crippen LogP contribution in [0, 0.1) is 0 Å². The summed E-state index contributed by atoms with van der Waals surface area (Å²) in [4.78, 5) is 58.6. The van der Waals surface area contributed by atoms with E-state index in [2.05, 4.69) is 30.3 Å². The van der Waals surface area contributed by atoms with Crippen LogP contribution in [0.4, 0.5) is 16.4 Å². The zero-order chi connectivity index (χ0) is 24.5. The highest BCUT2D eigenvalue weighted by molar-refractivity contribution is 6.42. The third-order valence-electron chi connectivity index (χ3n) is 5.66. The SMILES string of the molecule is COC(=O)C(=O)C1(c2nc3n(c2O)C(=NC(=O)Nc2ccc(Cl)cc2)N=N3)CCCCCC1=O. The number of rotatable bonds is 4. The van der Waals surface area contributed by atoms with Crippen LogP contribution in [0.25, 0.3) is 0 Å². The van der Waals surface area contributed by atoms with E-state index in [0.717, 1.165) is 11.7 Å². The number of carbonyl (C=O) groups excluding carboxylic acids is 4. The molecule has 1 aliphatic carbocycles. The number of urea groups is 1. The first-order valence-corrected chi connectivity index (χ1v) is 10.7. The molecule has 1 fully saturated rings. The Morgan fingerprint density at radius 1 is 1.18 bits per heavy atom. The average molecular weight is 487 g/mol. The Kier molecular flexibility index (Phi) is 6.24. The number of aliphatic imine (C=N–C) groups is 1. The highest BCUT2D eigenvalue weighted by Gasteiger charge is 2.54. The molecule has 1 aliphatic heterocycles. The molecule has 2 N–H and O–H groups in total. The minimum atomic E-state index is -2.03. The number of benzene rings is 1. The Hall–Kier alpha value is -3.93. The van der Waals surface area contributed by atoms with Crippen LogP contribution in [0.3, 0.4) is 0 Å². The summed E-state index contributed by atoms with van der Waals surface area (Å²) in [6, 6.07) is 5.45. The van der Waals surface area contributed by atoms with Crippen LogP contribution in [0.5, 0.6) is 5.88 Å². The second kappa shape index (κ2) is 9.14. The van der Waals surface area contributed by atoms with Crippen LogP contribution < -0.4 is 5.32 Å². The van der Waals surface area contributed by atoms with E-state index in [1.54, 1.807) is 24.3 Å². The second-order valence-corrected chi connectivity index (χ2v) is 8.11. The molecule has 0 saturated heterocycles. The number of aromatic nitrogens is 2. The molecule has 1 atom stereocenters. The van der Waals surface area contributed by atoms with Gasteiger partial charge in [-0.25, -0.2) is 19.1 Å². The molecule has 1 aromatic heterocycles. The van der Waals surface area contributed by atoms with Gasteiger partial charge in [-0.1, -0.05) is 24.4 Å². The van der Waals surface area contributed by atoms with Gasteiger partial charge in [0.05, 0.1) is 7.11 Å². The molecule has 2 aromatic rings. The molecule has 0 radical (unpaired) electrons. The van der Waals surface area contributed by atoms with Crippen LogP contribution in [-0.2, 0) is 24.5 Å². The van der Waals surface area contributed by atoms with E-state index in [9.17, 15) is 24.3 Å². The predicted octanol–water partition coefficient (Wildman–Crippen LogP) is 3.29. The first kappa shape index (κ1) is 23.2. The number of halogens is 1. The van der Waals surface area contributed by atoms with Gasteiger partial charge in [-0.05, 0) is 37.1 Å². The number of aromatic hydroxyl groups is 1. The minimum Gasteiger partial charge on any atom is -0.493 e. The van der Waals surface area contributed by atoms with Crippen LogP contribution in [-0.4, -0.2) is 51.3 Å². The number of nitrogens with zero attached hydrogens (tertiary/aromatic N) is 5. The highest BCUT2D eigenvalue weighted by Crippen LogP contribution is 2.43. The van der Waals surface area contributed by atoms with Crippen molar-refractivity contribution in [1.82, 2.24) is 9.55 Å². The molecule has 0 spiro atoms. The Morgan fingerprint density at radius 3 is 2.62 bits per heavy atom. The maximum absolute atomic E-state index is 13.1. The number of ketones is 2. The number of hydrogen-bond acceptors (Lipinski definition) is 8. The Bertz CT molecular complexity index is 1250. The van der Waals surface area contributed by atoms with Crippen LogP contribution in [0.15, 0.2) is 39.5 Å². The molecule has 12 nitrogen and oxygen atoms in total. The molecule has 0 bridgehead atoms. The lowest BCUT2D eigenvalue weighted by atomic mass is 9.72. The van der Waals surface area contributed by atoms with Gasteiger partial charge in [0.15, 0.2) is 5.78 Å². The number of ether oxygens (including phenoxy) is 1. The number of azo groups is 1. The molecular weight excluding hydrogens is 468 g/mol. The summed E-state index contributed by atoms with van der Waals surface area (Å²) in [5.74, 6) is -4.08. The molecule has 1 unspecified atom stereocenters. The van der Waals surface area contributed by atoms with Gasteiger partial charge in [0.1, 0.15) is 11.1 Å². The standard InChI is InChI=1S/C21H19ClN6O6/c1-34-17(32)15(30)21(10-4-2-3-5-13(21)29)14-16(31)28-18(24-14)26-27-19(28)25-20(33)23-12-8-6-11(22)7-9-12/h6-9,31H,2-5,10H2,1H3,(H,23,33). The van der Waals surface area contributed by atoms with Crippen molar-refractivity contribution in [3.8, 4) is 5.88 Å². The Balaban J connectivity index is 1.73. The molecular formula is C21H19ClN6O6. The number of anilines is 1. The zero-order valence-electron chi connectivity index (χ0n) is 17.9. The number of amides is 2. The number of esters is 1. The van der Waals surface area contributed by atoms with E-state index in [1.165, 1.54) is 0 Å². The van der Waals surface area contributed by atoms with Gasteiger partial charge in [0, 0.05) is 17.1 Å². The third-order valence-corrected chi connectivity index (χ3v) is 5.91. The van der Waals surface area contributed by atoms with Crippen molar-refractivity contribution in [3.05, 3.63) is 35.0 Å². The summed E-state index contributed by atoms with van der Waals surface area (Å²) < 4.78 is 5.50. The van der Waals surface area contributed by atoms with E-state index in [4.69, 9.17) is 11.6 Å². The van der Waals surface area contributed by atoms with Gasteiger partial charge >= 0.3 is 12.0 Å². The van der Waals surface area contributed by atoms with E-state index in [-0.39, 0.29) is 30.4 Å². The monoisotopic (exact) mass is 486 g/mol. The van der Waals surface area contributed by atoms with Gasteiger partial charge in [-0.2, -0.15) is 4.99 Å². The number of imidazole rings is 1. The van der Waals surface area contributed by atoms with Crippen LogP contribution in [0.1, 0.15) is 37.8 Å². The van der Waals surface area contributed by atoms with E-state index < -0.39 is 34.9 Å². The van der Waals surface area contributed by atoms with Gasteiger partial charge in [0.2, 0.25) is 5.88 Å². The smallest absolute Gasteiger partial charge is 0.375 e. The second-order valence-electron chi connectivity index (χ2n) is 7.68. The van der Waals surface area contributed by atoms with Crippen LogP contribution >= 0.6 is 11.6 Å². The van der Waals surface area contributed by atoms with Crippen molar-refractivity contribution in [2.45, 2.75) is 37.5 Å². The highest BCUT2D eigenvalue weighted by atomic mass is 35.5. The van der Waals surface area contributed by atoms with Gasteiger partial charge in [-0.3, -0.25) is 9.59 Å². The number of Topliss-reactive ketones (excluding diaryl/α,β-unsaturated/α-hetero) is 2. The molecule has 2 amide bonds. The fourth-order valence-electron chi connectivity index (χ4n) is 3.99. The Morgan fingerprint density at radius 2 is 1.91 bits per heavy atom. The van der Waals surface area contributed by atoms with Crippen molar-refractivity contribution >= 4 is 52.8 Å². The average Bonchev–Trinajstić information content (AvgIpc) is 3.30. The lowest BCUT2D eigenvalue weighted by Gasteiger charge is -2.26. The summed E-state index contributed by atoms with van der Waals surface area (Å²) in [6.07, 6.45) is 1.62. The fourth-order valence-corrected chi connectivity index (χ4v) is 4.12. The third kappa shape index (κ3) is 3.96. The van der Waals surface area contributed by atoms with Crippen molar-refractivity contribution in [1.29, 1.82) is 0 Å². The molecule has 2 heterocycles. The molecule has 2 aliphatic rings. The molecule has 4 rings (SSSR count). The van der Waals surface area contributed by atoms with Crippen LogP contribution in [0.2, 0.25) is 5.02 Å². The summed E-state index contributed by atoms with van der Waals surface area (Å²) >= 11 is 5.83. The molecule has 13 heteroatoms. The zero-order valence-corrected chi connectivity index (χ0v) is 18.7. The lowest BCUT2D eigenvalue weighted by molar-refractivity contribution is -0.156. The summed E-state index contributed by atoms with van der Waals surface area (Å²) in [6.45, 7) is 0. The van der Waals surface area contributed by atoms with Gasteiger partial charge in [-0.15, -0.1) is 10.2 Å². The first-order valence-electron chi connectivity index (χ1n) is 10.3. The molecule has 176 valence electrons. The van der Waals surface area contributed by atoms with Crippen molar-refractivity contribution in [2.75, 3.05) is 12.4 Å². The maximum Gasteiger partial charge on any atom is 0.375 e. The summed E-state index contributed by atoms with van der Waals surface area (Å²) in [5, 5.41) is 21.5. The largest absolute Gasteiger partial charge is 0.493 e. The minimum absolute atomic E-state index is 0.0241. The van der Waals surface area contributed by atoms with E-state index in [1.807, 2.05) is 0 Å². The predicted molar refractivity (Wildman–Crippen MR) is 119 cm³/mol. The lowest BCUT2D eigenvalue weighted by Crippen LogP contribution is -2.47. The topological polar surface area (TPSA) is 165 Å². The molecule has 34 heavy (non-hydrogen) atoms. The molecule has 1 aromatic carbocycles.